The first-order chi connectivity index (χ1) is 15.7. The van der Waals surface area contributed by atoms with Crippen LogP contribution in [0.2, 0.25) is 0 Å². The molecule has 0 fully saturated rings. The molecular formula is C25H26N4O3. The normalized spacial score (nSPS) is 10.7. The summed E-state index contributed by atoms with van der Waals surface area (Å²) in [5, 5.41) is 4.16. The fraction of sp³-hybridized carbons (Fsp3) is 0.200. The number of aromatic amines is 1. The van der Waals surface area contributed by atoms with Crippen LogP contribution in [0.3, 0.4) is 0 Å². The highest BCUT2D eigenvalue weighted by Gasteiger charge is 2.17. The highest BCUT2D eigenvalue weighted by Crippen LogP contribution is 2.29. The zero-order valence-electron chi connectivity index (χ0n) is 18.2. The molecule has 0 atom stereocenters. The van der Waals surface area contributed by atoms with Gasteiger partial charge in [-0.1, -0.05) is 18.2 Å². The highest BCUT2D eigenvalue weighted by atomic mass is 16.5. The maximum atomic E-state index is 13.3. The van der Waals surface area contributed by atoms with Gasteiger partial charge < -0.3 is 24.7 Å². The van der Waals surface area contributed by atoms with Crippen molar-refractivity contribution < 1.29 is 14.3 Å². The fourth-order valence-electron chi connectivity index (χ4n) is 3.65. The van der Waals surface area contributed by atoms with E-state index < -0.39 is 0 Å². The van der Waals surface area contributed by atoms with Gasteiger partial charge in [-0.25, -0.2) is 4.79 Å². The third kappa shape index (κ3) is 4.83. The Balaban J connectivity index is 1.54. The molecule has 0 aliphatic carbocycles. The van der Waals surface area contributed by atoms with Crippen molar-refractivity contribution in [1.29, 1.82) is 0 Å². The molecule has 0 bridgehead atoms. The molecule has 2 amide bonds. The molecule has 0 aliphatic rings. The molecule has 0 saturated carbocycles. The fourth-order valence-corrected chi connectivity index (χ4v) is 3.65. The molecule has 4 aromatic rings. The smallest absolute Gasteiger partial charge is 0.322 e. The number of aromatic nitrogens is 2. The van der Waals surface area contributed by atoms with Gasteiger partial charge in [0.25, 0.3) is 0 Å². The van der Waals surface area contributed by atoms with E-state index in [9.17, 15) is 4.79 Å². The van der Waals surface area contributed by atoms with Gasteiger partial charge in [-0.2, -0.15) is 0 Å². The van der Waals surface area contributed by atoms with Crippen molar-refractivity contribution in [2.75, 3.05) is 26.1 Å². The largest absolute Gasteiger partial charge is 0.497 e. The van der Waals surface area contributed by atoms with Crippen LogP contribution in [0.25, 0.3) is 10.9 Å². The molecule has 0 spiro atoms. The lowest BCUT2D eigenvalue weighted by atomic mass is 10.1. The molecule has 0 aliphatic heterocycles. The number of pyridine rings is 1. The highest BCUT2D eigenvalue weighted by molar-refractivity contribution is 5.91. The van der Waals surface area contributed by atoms with Crippen molar-refractivity contribution in [1.82, 2.24) is 14.9 Å². The van der Waals surface area contributed by atoms with Gasteiger partial charge in [-0.3, -0.25) is 4.98 Å². The molecule has 32 heavy (non-hydrogen) atoms. The summed E-state index contributed by atoms with van der Waals surface area (Å²) >= 11 is 0. The summed E-state index contributed by atoms with van der Waals surface area (Å²) in [7, 11) is 3.16. The number of hydrogen-bond acceptors (Lipinski definition) is 4. The van der Waals surface area contributed by atoms with Crippen molar-refractivity contribution in [3.63, 3.8) is 0 Å². The maximum absolute atomic E-state index is 13.3. The minimum atomic E-state index is -0.204. The van der Waals surface area contributed by atoms with Crippen LogP contribution < -0.4 is 14.8 Å². The monoisotopic (exact) mass is 430 g/mol. The van der Waals surface area contributed by atoms with Gasteiger partial charge in [0.15, 0.2) is 0 Å². The summed E-state index contributed by atoms with van der Waals surface area (Å²) in [5.74, 6) is 1.20. The first kappa shape index (κ1) is 21.2. The lowest BCUT2D eigenvalue weighted by Gasteiger charge is -2.24. The van der Waals surface area contributed by atoms with Crippen LogP contribution in [0.4, 0.5) is 10.5 Å². The second kappa shape index (κ2) is 9.87. The van der Waals surface area contributed by atoms with E-state index in [4.69, 9.17) is 9.47 Å². The van der Waals surface area contributed by atoms with Crippen LogP contribution in [0.1, 0.15) is 11.1 Å². The van der Waals surface area contributed by atoms with Gasteiger partial charge in [0.2, 0.25) is 0 Å². The Morgan fingerprint density at radius 2 is 1.88 bits per heavy atom. The lowest BCUT2D eigenvalue weighted by Crippen LogP contribution is -2.36. The van der Waals surface area contributed by atoms with Crippen molar-refractivity contribution in [2.45, 2.75) is 13.0 Å². The average Bonchev–Trinajstić information content (AvgIpc) is 3.25. The first-order valence-corrected chi connectivity index (χ1v) is 10.4. The molecule has 2 heterocycles. The van der Waals surface area contributed by atoms with Crippen LogP contribution in [0, 0.1) is 0 Å². The van der Waals surface area contributed by atoms with Gasteiger partial charge >= 0.3 is 6.03 Å². The summed E-state index contributed by atoms with van der Waals surface area (Å²) in [6, 6.07) is 17.1. The van der Waals surface area contributed by atoms with Crippen LogP contribution in [-0.2, 0) is 13.0 Å². The molecule has 2 aromatic carbocycles. The quantitative estimate of drug-likeness (QED) is 0.419. The average molecular weight is 431 g/mol. The third-order valence-electron chi connectivity index (χ3n) is 5.39. The van der Waals surface area contributed by atoms with Gasteiger partial charge in [-0.15, -0.1) is 0 Å². The predicted octanol–water partition coefficient (Wildman–Crippen LogP) is 4.86. The zero-order valence-corrected chi connectivity index (χ0v) is 18.2. The predicted molar refractivity (Wildman–Crippen MR) is 125 cm³/mol. The Hall–Kier alpha value is -4.00. The van der Waals surface area contributed by atoms with Crippen LogP contribution in [0.15, 0.2) is 73.2 Å². The third-order valence-corrected chi connectivity index (χ3v) is 5.39. The van der Waals surface area contributed by atoms with Gasteiger partial charge in [-0.05, 0) is 47.9 Å². The number of nitrogens with zero attached hydrogens (tertiary/aromatic N) is 2. The van der Waals surface area contributed by atoms with Gasteiger partial charge in [0.05, 0.1) is 19.9 Å². The summed E-state index contributed by atoms with van der Waals surface area (Å²) in [6.45, 7) is 1.02. The number of hydrogen-bond donors (Lipinski definition) is 2. The molecule has 4 rings (SSSR count). The number of amides is 2. The molecule has 0 saturated heterocycles. The van der Waals surface area contributed by atoms with Gasteiger partial charge in [0, 0.05) is 48.6 Å². The van der Waals surface area contributed by atoms with E-state index in [-0.39, 0.29) is 6.03 Å². The maximum Gasteiger partial charge on any atom is 0.322 e. The summed E-state index contributed by atoms with van der Waals surface area (Å²) in [6.07, 6.45) is 6.21. The van der Waals surface area contributed by atoms with Crippen molar-refractivity contribution in [2.24, 2.45) is 0 Å². The number of rotatable bonds is 8. The van der Waals surface area contributed by atoms with E-state index in [1.807, 2.05) is 30.5 Å². The van der Waals surface area contributed by atoms with Crippen molar-refractivity contribution in [3.8, 4) is 11.5 Å². The molecule has 7 heteroatoms. The first-order valence-electron chi connectivity index (χ1n) is 10.4. The Morgan fingerprint density at radius 1 is 1.06 bits per heavy atom. The van der Waals surface area contributed by atoms with Gasteiger partial charge in [0.1, 0.15) is 11.5 Å². The Kier molecular flexibility index (Phi) is 6.55. The molecule has 2 N–H and O–H groups in total. The Morgan fingerprint density at radius 3 is 2.66 bits per heavy atom. The Bertz CT molecular complexity index is 1190. The van der Waals surface area contributed by atoms with E-state index in [0.717, 1.165) is 17.5 Å². The van der Waals surface area contributed by atoms with Crippen LogP contribution in [0.5, 0.6) is 11.5 Å². The SMILES string of the molecule is COc1ccc(NC(=O)N(CCc2c[nH]c3ccccc23)Cc2ccncc2)c(OC)c1. The van der Waals surface area contributed by atoms with Crippen LogP contribution in [-0.4, -0.2) is 41.7 Å². The minimum Gasteiger partial charge on any atom is -0.497 e. The number of H-pyrrole nitrogens is 1. The molecule has 164 valence electrons. The number of methoxy groups -OCH3 is 2. The summed E-state index contributed by atoms with van der Waals surface area (Å²) in [5.41, 5.74) is 3.87. The van der Waals surface area contributed by atoms with Crippen LogP contribution >= 0.6 is 0 Å². The number of anilines is 1. The number of carbonyl (C=O) groups excluding carboxylic acids is 1. The molecule has 0 radical (unpaired) electrons. The molecule has 0 unspecified atom stereocenters. The van der Waals surface area contributed by atoms with Crippen molar-refractivity contribution >= 4 is 22.6 Å². The van der Waals surface area contributed by atoms with E-state index in [0.29, 0.717) is 30.3 Å². The number of benzene rings is 2. The summed E-state index contributed by atoms with van der Waals surface area (Å²) in [4.78, 5) is 22.4. The molecule has 7 nitrogen and oxygen atoms in total. The van der Waals surface area contributed by atoms with E-state index >= 15 is 0 Å². The molecule has 2 aromatic heterocycles. The van der Waals surface area contributed by atoms with E-state index in [2.05, 4.69) is 27.4 Å². The molecular weight excluding hydrogens is 404 g/mol. The Labute approximate surface area is 187 Å². The number of fused-ring (bicyclic) bond motifs is 1. The number of carbonyl (C=O) groups is 1. The van der Waals surface area contributed by atoms with E-state index in [1.54, 1.807) is 49.7 Å². The second-order valence-electron chi connectivity index (χ2n) is 7.38. The van der Waals surface area contributed by atoms with Crippen molar-refractivity contribution in [3.05, 3.63) is 84.3 Å². The minimum absolute atomic E-state index is 0.204. The lowest BCUT2D eigenvalue weighted by molar-refractivity contribution is 0.209. The number of ether oxygens (including phenoxy) is 2. The zero-order chi connectivity index (χ0) is 22.3. The van der Waals surface area contributed by atoms with E-state index in [1.165, 1.54) is 10.9 Å². The number of para-hydroxylation sites is 1. The number of urea groups is 1. The standard InChI is InChI=1S/C25H26N4O3/c1-31-20-7-8-23(24(15-20)32-2)28-25(30)29(17-18-9-12-26-13-10-18)14-11-19-16-27-22-6-4-3-5-21(19)22/h3-10,12-13,15-16,27H,11,14,17H2,1-2H3,(H,28,30). The number of nitrogens with one attached hydrogen (secondary N) is 2. The topological polar surface area (TPSA) is 79.5 Å². The summed E-state index contributed by atoms with van der Waals surface area (Å²) < 4.78 is 10.7. The second-order valence-corrected chi connectivity index (χ2v) is 7.38.